The van der Waals surface area contributed by atoms with Crippen LogP contribution in [0.4, 0.5) is 0 Å². The Morgan fingerprint density at radius 2 is 2.42 bits per heavy atom. The summed E-state index contributed by atoms with van der Waals surface area (Å²) in [6, 6.07) is 4.87. The Hall–Kier alpha value is -0.910. The molecule has 3 N–H and O–H groups in total. The van der Waals surface area contributed by atoms with Crippen LogP contribution in [0.25, 0.3) is 0 Å². The number of carbonyl (C=O) groups excluding carboxylic acids is 1. The molecule has 2 aliphatic rings. The van der Waals surface area contributed by atoms with E-state index in [1.54, 1.807) is 11.3 Å². The number of rotatable bonds is 3. The topological polar surface area (TPSA) is 58.4 Å². The van der Waals surface area contributed by atoms with Crippen molar-refractivity contribution in [3.05, 3.63) is 22.4 Å². The van der Waals surface area contributed by atoms with Crippen molar-refractivity contribution in [2.75, 3.05) is 13.1 Å². The predicted octanol–water partition coefficient (Wildman–Crippen LogP) is 1.35. The van der Waals surface area contributed by atoms with Crippen molar-refractivity contribution in [3.8, 4) is 0 Å². The predicted molar refractivity (Wildman–Crippen MR) is 76.9 cm³/mol. The average molecular weight is 279 g/mol. The molecule has 2 fully saturated rings. The maximum atomic E-state index is 11.9. The van der Waals surface area contributed by atoms with Crippen LogP contribution >= 0.6 is 11.3 Å². The Bertz CT molecular complexity index is 446. The molecule has 4 nitrogen and oxygen atoms in total. The lowest BCUT2D eigenvalue weighted by Crippen LogP contribution is -2.51. The number of carbonyl (C=O) groups is 1. The van der Waals surface area contributed by atoms with Gasteiger partial charge >= 0.3 is 0 Å². The van der Waals surface area contributed by atoms with Gasteiger partial charge in [0.05, 0.1) is 12.0 Å². The van der Waals surface area contributed by atoms with Gasteiger partial charge in [0.2, 0.25) is 5.91 Å². The summed E-state index contributed by atoms with van der Waals surface area (Å²) in [5.41, 5.74) is 6.24. The van der Waals surface area contributed by atoms with Crippen molar-refractivity contribution >= 4 is 17.2 Å². The quantitative estimate of drug-likeness (QED) is 0.878. The monoisotopic (exact) mass is 279 g/mol. The van der Waals surface area contributed by atoms with Gasteiger partial charge in [-0.2, -0.15) is 0 Å². The van der Waals surface area contributed by atoms with Gasteiger partial charge in [0.15, 0.2) is 0 Å². The van der Waals surface area contributed by atoms with Gasteiger partial charge in [-0.05, 0) is 37.8 Å². The van der Waals surface area contributed by atoms with Crippen molar-refractivity contribution in [1.82, 2.24) is 10.2 Å². The first-order valence-electron chi connectivity index (χ1n) is 7.01. The van der Waals surface area contributed by atoms with Gasteiger partial charge in [-0.25, -0.2) is 0 Å². The van der Waals surface area contributed by atoms with E-state index in [0.29, 0.717) is 6.04 Å². The molecule has 2 saturated heterocycles. The zero-order valence-electron chi connectivity index (χ0n) is 11.2. The summed E-state index contributed by atoms with van der Waals surface area (Å²) in [5, 5.41) is 5.11. The number of amides is 1. The first kappa shape index (κ1) is 13.1. The Labute approximate surface area is 118 Å². The summed E-state index contributed by atoms with van der Waals surface area (Å²) >= 11 is 1.76. The molecule has 1 aromatic heterocycles. The number of nitrogens with two attached hydrogens (primary N) is 1. The first-order valence-corrected chi connectivity index (χ1v) is 7.89. The second kappa shape index (κ2) is 5.23. The van der Waals surface area contributed by atoms with E-state index < -0.39 is 0 Å². The lowest BCUT2D eigenvalue weighted by Gasteiger charge is -2.42. The van der Waals surface area contributed by atoms with Crippen LogP contribution in [-0.4, -0.2) is 36.0 Å². The standard InChI is InChI=1S/C14H21N3OS/c1-9(15)13(12-5-3-7-19-12)17-6-2-4-10-11(17)8-16-14(10)18/h3,5,7,9-11,13H,2,4,6,8,15H2,1H3,(H,16,18). The highest BCUT2D eigenvalue weighted by molar-refractivity contribution is 7.10. The molecule has 0 aromatic carbocycles. The average Bonchev–Trinajstić information content (AvgIpc) is 3.01. The van der Waals surface area contributed by atoms with Gasteiger partial charge in [-0.3, -0.25) is 9.69 Å². The number of piperidine rings is 1. The molecule has 3 rings (SSSR count). The molecule has 2 aliphatic heterocycles. The van der Waals surface area contributed by atoms with E-state index in [2.05, 4.69) is 34.7 Å². The molecular formula is C14H21N3OS. The van der Waals surface area contributed by atoms with Gasteiger partial charge < -0.3 is 11.1 Å². The summed E-state index contributed by atoms with van der Waals surface area (Å²) in [6.45, 7) is 3.89. The highest BCUT2D eigenvalue weighted by Gasteiger charge is 2.44. The van der Waals surface area contributed by atoms with Gasteiger partial charge in [0, 0.05) is 23.5 Å². The van der Waals surface area contributed by atoms with E-state index in [1.807, 2.05) is 0 Å². The smallest absolute Gasteiger partial charge is 0.224 e. The molecule has 19 heavy (non-hydrogen) atoms. The molecule has 1 amide bonds. The Morgan fingerprint density at radius 1 is 1.58 bits per heavy atom. The van der Waals surface area contributed by atoms with Gasteiger partial charge in [0.25, 0.3) is 0 Å². The fraction of sp³-hybridized carbons (Fsp3) is 0.643. The van der Waals surface area contributed by atoms with Crippen molar-refractivity contribution < 1.29 is 4.79 Å². The molecule has 5 heteroatoms. The van der Waals surface area contributed by atoms with Gasteiger partial charge in [-0.1, -0.05) is 6.07 Å². The maximum Gasteiger partial charge on any atom is 0.224 e. The van der Waals surface area contributed by atoms with Crippen molar-refractivity contribution in [2.24, 2.45) is 11.7 Å². The molecule has 3 heterocycles. The third-order valence-electron chi connectivity index (χ3n) is 4.33. The Kier molecular flexibility index (Phi) is 3.60. The molecule has 0 radical (unpaired) electrons. The van der Waals surface area contributed by atoms with Crippen molar-refractivity contribution in [3.63, 3.8) is 0 Å². The van der Waals surface area contributed by atoms with E-state index in [4.69, 9.17) is 5.73 Å². The summed E-state index contributed by atoms with van der Waals surface area (Å²) in [4.78, 5) is 15.6. The molecule has 1 aromatic rings. The molecule has 0 bridgehead atoms. The zero-order chi connectivity index (χ0) is 13.4. The number of likely N-dealkylation sites (tertiary alicyclic amines) is 1. The van der Waals surface area contributed by atoms with Gasteiger partial charge in [-0.15, -0.1) is 11.3 Å². The van der Waals surface area contributed by atoms with Crippen LogP contribution in [0.1, 0.15) is 30.7 Å². The van der Waals surface area contributed by atoms with E-state index in [9.17, 15) is 4.79 Å². The van der Waals surface area contributed by atoms with Crippen LogP contribution in [-0.2, 0) is 4.79 Å². The minimum atomic E-state index is 0.0769. The second-order valence-corrected chi connectivity index (χ2v) is 6.60. The number of nitrogens with zero attached hydrogens (tertiary/aromatic N) is 1. The molecule has 0 aliphatic carbocycles. The van der Waals surface area contributed by atoms with Crippen LogP contribution in [0.2, 0.25) is 0 Å². The Balaban J connectivity index is 1.88. The lowest BCUT2D eigenvalue weighted by atomic mass is 9.89. The number of thiophene rings is 1. The Morgan fingerprint density at radius 3 is 3.11 bits per heavy atom. The van der Waals surface area contributed by atoms with Crippen LogP contribution in [0.15, 0.2) is 17.5 Å². The van der Waals surface area contributed by atoms with Gasteiger partial charge in [0.1, 0.15) is 0 Å². The van der Waals surface area contributed by atoms with Crippen LogP contribution in [0, 0.1) is 5.92 Å². The number of fused-ring (bicyclic) bond motifs is 1. The minimum Gasteiger partial charge on any atom is -0.354 e. The number of nitrogens with one attached hydrogen (secondary N) is 1. The van der Waals surface area contributed by atoms with Crippen LogP contribution < -0.4 is 11.1 Å². The fourth-order valence-corrected chi connectivity index (χ4v) is 4.48. The third kappa shape index (κ3) is 2.30. The molecule has 0 saturated carbocycles. The summed E-state index contributed by atoms with van der Waals surface area (Å²) in [6.07, 6.45) is 2.10. The summed E-state index contributed by atoms with van der Waals surface area (Å²) in [5.74, 6) is 0.388. The van der Waals surface area contributed by atoms with E-state index in [1.165, 1.54) is 4.88 Å². The number of hydrogen-bond donors (Lipinski definition) is 2. The summed E-state index contributed by atoms with van der Waals surface area (Å²) in [7, 11) is 0. The molecule has 104 valence electrons. The van der Waals surface area contributed by atoms with Crippen molar-refractivity contribution in [2.45, 2.75) is 37.9 Å². The van der Waals surface area contributed by atoms with Crippen molar-refractivity contribution in [1.29, 1.82) is 0 Å². The summed E-state index contributed by atoms with van der Waals surface area (Å²) < 4.78 is 0. The van der Waals surface area contributed by atoms with E-state index >= 15 is 0 Å². The van der Waals surface area contributed by atoms with Crippen LogP contribution in [0.3, 0.4) is 0 Å². The molecule has 4 atom stereocenters. The number of hydrogen-bond acceptors (Lipinski definition) is 4. The van der Waals surface area contributed by atoms with E-state index in [-0.39, 0.29) is 23.9 Å². The SMILES string of the molecule is CC(N)C(c1cccs1)N1CCCC2C(=O)NCC21. The second-order valence-electron chi connectivity index (χ2n) is 5.62. The fourth-order valence-electron chi connectivity index (χ4n) is 3.51. The molecule has 0 spiro atoms. The van der Waals surface area contributed by atoms with Crippen LogP contribution in [0.5, 0.6) is 0 Å². The highest BCUT2D eigenvalue weighted by Crippen LogP contribution is 2.36. The largest absolute Gasteiger partial charge is 0.354 e. The normalized spacial score (nSPS) is 30.7. The first-order chi connectivity index (χ1) is 9.18. The maximum absolute atomic E-state index is 11.9. The van der Waals surface area contributed by atoms with E-state index in [0.717, 1.165) is 25.9 Å². The minimum absolute atomic E-state index is 0.0769. The highest BCUT2D eigenvalue weighted by atomic mass is 32.1. The third-order valence-corrected chi connectivity index (χ3v) is 5.28. The zero-order valence-corrected chi connectivity index (χ0v) is 12.0. The molecule has 4 unspecified atom stereocenters. The lowest BCUT2D eigenvalue weighted by molar-refractivity contribution is -0.124. The molecular weight excluding hydrogens is 258 g/mol.